The van der Waals surface area contributed by atoms with Gasteiger partial charge in [-0.1, -0.05) is 0 Å². The van der Waals surface area contributed by atoms with Crippen LogP contribution in [0.2, 0.25) is 0 Å². The standard InChI is InChI=1S/C12H21N3O3/c1-18-9-10-3-2-5-15(10)12(17)8-14-6-4-13-7-11(14)16/h10,13H,2-9H2,1H3/t10-/m1/s1. The SMILES string of the molecule is COC[C@H]1CCCN1C(=O)CN1CCNCC1=O. The zero-order chi connectivity index (χ0) is 13.0. The van der Waals surface area contributed by atoms with E-state index in [1.807, 2.05) is 4.90 Å². The van der Waals surface area contributed by atoms with Crippen LogP contribution in [-0.2, 0) is 14.3 Å². The monoisotopic (exact) mass is 255 g/mol. The summed E-state index contributed by atoms with van der Waals surface area (Å²) < 4.78 is 5.13. The van der Waals surface area contributed by atoms with Gasteiger partial charge >= 0.3 is 0 Å². The zero-order valence-electron chi connectivity index (χ0n) is 10.9. The van der Waals surface area contributed by atoms with Gasteiger partial charge in [0, 0.05) is 26.7 Å². The van der Waals surface area contributed by atoms with Crippen LogP contribution in [-0.4, -0.2) is 74.1 Å². The number of likely N-dealkylation sites (tertiary alicyclic amines) is 1. The number of nitrogens with one attached hydrogen (secondary N) is 1. The van der Waals surface area contributed by atoms with E-state index in [-0.39, 0.29) is 24.4 Å². The third-order valence-electron chi connectivity index (χ3n) is 3.57. The van der Waals surface area contributed by atoms with E-state index in [4.69, 9.17) is 4.74 Å². The van der Waals surface area contributed by atoms with Crippen molar-refractivity contribution >= 4 is 11.8 Å². The number of carbonyl (C=O) groups excluding carboxylic acids is 2. The third-order valence-corrected chi connectivity index (χ3v) is 3.57. The van der Waals surface area contributed by atoms with Crippen LogP contribution in [0.4, 0.5) is 0 Å². The molecule has 102 valence electrons. The lowest BCUT2D eigenvalue weighted by molar-refractivity contribution is -0.142. The summed E-state index contributed by atoms with van der Waals surface area (Å²) in [7, 11) is 1.65. The van der Waals surface area contributed by atoms with Crippen LogP contribution in [0.25, 0.3) is 0 Å². The van der Waals surface area contributed by atoms with Crippen LogP contribution in [0, 0.1) is 0 Å². The Bertz CT molecular complexity index is 322. The van der Waals surface area contributed by atoms with E-state index in [0.29, 0.717) is 19.7 Å². The molecule has 0 unspecified atom stereocenters. The van der Waals surface area contributed by atoms with Crippen molar-refractivity contribution in [2.24, 2.45) is 0 Å². The fraction of sp³-hybridized carbons (Fsp3) is 0.833. The second kappa shape index (κ2) is 6.15. The second-order valence-corrected chi connectivity index (χ2v) is 4.83. The Labute approximate surface area is 107 Å². The fourth-order valence-corrected chi connectivity index (χ4v) is 2.60. The Morgan fingerprint density at radius 1 is 1.50 bits per heavy atom. The second-order valence-electron chi connectivity index (χ2n) is 4.83. The molecule has 6 heteroatoms. The number of hydrogen-bond acceptors (Lipinski definition) is 4. The molecular weight excluding hydrogens is 234 g/mol. The summed E-state index contributed by atoms with van der Waals surface area (Å²) >= 11 is 0. The van der Waals surface area contributed by atoms with Crippen LogP contribution in [0.15, 0.2) is 0 Å². The molecular formula is C12H21N3O3. The van der Waals surface area contributed by atoms with Crippen molar-refractivity contribution in [1.29, 1.82) is 0 Å². The zero-order valence-corrected chi connectivity index (χ0v) is 10.9. The normalized spacial score (nSPS) is 24.7. The molecule has 0 bridgehead atoms. The minimum Gasteiger partial charge on any atom is -0.383 e. The van der Waals surface area contributed by atoms with Gasteiger partial charge in [-0.2, -0.15) is 0 Å². The maximum Gasteiger partial charge on any atom is 0.242 e. The molecule has 2 rings (SSSR count). The van der Waals surface area contributed by atoms with Crippen molar-refractivity contribution in [3.63, 3.8) is 0 Å². The molecule has 0 radical (unpaired) electrons. The summed E-state index contributed by atoms with van der Waals surface area (Å²) in [4.78, 5) is 27.3. The lowest BCUT2D eigenvalue weighted by Crippen LogP contribution is -2.52. The first-order chi connectivity index (χ1) is 8.72. The minimum atomic E-state index is 0.0112. The molecule has 0 saturated carbocycles. The summed E-state index contributed by atoms with van der Waals surface area (Å²) in [5.74, 6) is 0.0573. The fourth-order valence-electron chi connectivity index (χ4n) is 2.60. The van der Waals surface area contributed by atoms with Gasteiger partial charge in [-0.3, -0.25) is 9.59 Å². The molecule has 2 aliphatic heterocycles. The highest BCUT2D eigenvalue weighted by molar-refractivity contribution is 5.86. The van der Waals surface area contributed by atoms with Crippen molar-refractivity contribution in [3.8, 4) is 0 Å². The van der Waals surface area contributed by atoms with E-state index in [1.54, 1.807) is 12.0 Å². The van der Waals surface area contributed by atoms with Crippen LogP contribution in [0.1, 0.15) is 12.8 Å². The number of carbonyl (C=O) groups is 2. The van der Waals surface area contributed by atoms with Crippen LogP contribution >= 0.6 is 0 Å². The first kappa shape index (κ1) is 13.3. The van der Waals surface area contributed by atoms with Gasteiger partial charge in [0.15, 0.2) is 0 Å². The van der Waals surface area contributed by atoms with Gasteiger partial charge in [-0.05, 0) is 12.8 Å². The summed E-state index contributed by atoms with van der Waals surface area (Å²) in [5.41, 5.74) is 0. The summed E-state index contributed by atoms with van der Waals surface area (Å²) in [5, 5.41) is 3.00. The molecule has 2 aliphatic rings. The Kier molecular flexibility index (Phi) is 4.54. The largest absolute Gasteiger partial charge is 0.383 e. The van der Waals surface area contributed by atoms with E-state index in [2.05, 4.69) is 5.32 Å². The number of rotatable bonds is 4. The molecule has 1 N–H and O–H groups in total. The van der Waals surface area contributed by atoms with E-state index in [9.17, 15) is 9.59 Å². The Morgan fingerprint density at radius 3 is 3.06 bits per heavy atom. The predicted molar refractivity (Wildman–Crippen MR) is 66.1 cm³/mol. The van der Waals surface area contributed by atoms with Gasteiger partial charge in [0.2, 0.25) is 11.8 Å². The first-order valence-electron chi connectivity index (χ1n) is 6.49. The highest BCUT2D eigenvalue weighted by Gasteiger charge is 2.30. The van der Waals surface area contributed by atoms with Crippen molar-refractivity contribution in [2.45, 2.75) is 18.9 Å². The number of nitrogens with zero attached hydrogens (tertiary/aromatic N) is 2. The summed E-state index contributed by atoms with van der Waals surface area (Å²) in [6.45, 7) is 3.30. The molecule has 2 fully saturated rings. The van der Waals surface area contributed by atoms with Crippen LogP contribution in [0.3, 0.4) is 0 Å². The average Bonchev–Trinajstić information content (AvgIpc) is 2.81. The van der Waals surface area contributed by atoms with Crippen molar-refractivity contribution < 1.29 is 14.3 Å². The van der Waals surface area contributed by atoms with Crippen molar-refractivity contribution in [2.75, 3.05) is 46.4 Å². The molecule has 0 spiro atoms. The van der Waals surface area contributed by atoms with Gasteiger partial charge in [0.05, 0.1) is 25.7 Å². The molecule has 2 heterocycles. The Hall–Kier alpha value is -1.14. The Morgan fingerprint density at radius 2 is 2.33 bits per heavy atom. The molecule has 0 aliphatic carbocycles. The van der Waals surface area contributed by atoms with Gasteiger partial charge < -0.3 is 19.9 Å². The molecule has 0 aromatic heterocycles. The first-order valence-corrected chi connectivity index (χ1v) is 6.49. The number of ether oxygens (including phenoxy) is 1. The molecule has 18 heavy (non-hydrogen) atoms. The van der Waals surface area contributed by atoms with Gasteiger partial charge in [-0.15, -0.1) is 0 Å². The third kappa shape index (κ3) is 3.00. The van der Waals surface area contributed by atoms with Gasteiger partial charge in [0.1, 0.15) is 0 Å². The quantitative estimate of drug-likeness (QED) is 0.704. The molecule has 2 saturated heterocycles. The summed E-state index contributed by atoms with van der Waals surface area (Å²) in [6.07, 6.45) is 2.02. The van der Waals surface area contributed by atoms with Gasteiger partial charge in [-0.25, -0.2) is 0 Å². The van der Waals surface area contributed by atoms with E-state index in [1.165, 1.54) is 0 Å². The van der Waals surface area contributed by atoms with E-state index < -0.39 is 0 Å². The van der Waals surface area contributed by atoms with Crippen molar-refractivity contribution in [1.82, 2.24) is 15.1 Å². The highest BCUT2D eigenvalue weighted by Crippen LogP contribution is 2.17. The van der Waals surface area contributed by atoms with E-state index in [0.717, 1.165) is 25.9 Å². The number of methoxy groups -OCH3 is 1. The lowest BCUT2D eigenvalue weighted by Gasteiger charge is -2.30. The molecule has 1 atom stereocenters. The maximum absolute atomic E-state index is 12.2. The maximum atomic E-state index is 12.2. The number of piperazine rings is 1. The van der Waals surface area contributed by atoms with Crippen LogP contribution in [0.5, 0.6) is 0 Å². The van der Waals surface area contributed by atoms with E-state index >= 15 is 0 Å². The van der Waals surface area contributed by atoms with Crippen LogP contribution < -0.4 is 5.32 Å². The topological polar surface area (TPSA) is 61.9 Å². The predicted octanol–water partition coefficient (Wildman–Crippen LogP) is -0.944. The molecule has 2 amide bonds. The number of amides is 2. The minimum absolute atomic E-state index is 0.0112. The smallest absolute Gasteiger partial charge is 0.242 e. The Balaban J connectivity index is 1.88. The summed E-state index contributed by atoms with van der Waals surface area (Å²) in [6, 6.07) is 0.181. The van der Waals surface area contributed by atoms with Crippen molar-refractivity contribution in [3.05, 3.63) is 0 Å². The molecule has 0 aromatic rings. The number of hydrogen-bond donors (Lipinski definition) is 1. The highest BCUT2D eigenvalue weighted by atomic mass is 16.5. The molecule has 0 aromatic carbocycles. The lowest BCUT2D eigenvalue weighted by atomic mass is 10.2. The molecule has 6 nitrogen and oxygen atoms in total. The average molecular weight is 255 g/mol. The van der Waals surface area contributed by atoms with Gasteiger partial charge in [0.25, 0.3) is 0 Å².